The molecule has 0 radical (unpaired) electrons. The summed E-state index contributed by atoms with van der Waals surface area (Å²) in [4.78, 5) is 0. The highest BCUT2D eigenvalue weighted by Gasteiger charge is 2.05. The second-order valence-electron chi connectivity index (χ2n) is 3.46. The van der Waals surface area contributed by atoms with Crippen LogP contribution in [0.25, 0.3) is 0 Å². The Morgan fingerprint density at radius 3 is 1.33 bits per heavy atom. The molecule has 0 saturated carbocycles. The molecule has 2 heteroatoms. The summed E-state index contributed by atoms with van der Waals surface area (Å²) in [5.74, 6) is 0. The second-order valence-corrected chi connectivity index (χ2v) is 4.92. The van der Waals surface area contributed by atoms with E-state index in [0.717, 1.165) is 0 Å². The smallest absolute Gasteiger partial charge is 0.00171 e. The Kier molecular flexibility index (Phi) is 8.79. The summed E-state index contributed by atoms with van der Waals surface area (Å²) in [5.41, 5.74) is 0. The molecule has 0 aliphatic rings. The van der Waals surface area contributed by atoms with Gasteiger partial charge in [-0.05, 0) is 25.7 Å². The summed E-state index contributed by atoms with van der Waals surface area (Å²) < 4.78 is 0. The van der Waals surface area contributed by atoms with Crippen LogP contribution in [0.4, 0.5) is 0 Å². The van der Waals surface area contributed by atoms with Gasteiger partial charge >= 0.3 is 0 Å². The maximum Gasteiger partial charge on any atom is 0.00171 e. The third kappa shape index (κ3) is 7.35. The van der Waals surface area contributed by atoms with Crippen LogP contribution in [-0.2, 0) is 0 Å². The van der Waals surface area contributed by atoms with Crippen molar-refractivity contribution in [2.75, 3.05) is 0 Å². The van der Waals surface area contributed by atoms with E-state index in [2.05, 4.69) is 39.1 Å². The van der Waals surface area contributed by atoms with E-state index in [4.69, 9.17) is 0 Å². The largest absolute Gasteiger partial charge is 0.176 e. The van der Waals surface area contributed by atoms with E-state index in [1.165, 1.54) is 38.5 Å². The van der Waals surface area contributed by atoms with Crippen LogP contribution in [0.3, 0.4) is 0 Å². The molecule has 2 unspecified atom stereocenters. The van der Waals surface area contributed by atoms with E-state index >= 15 is 0 Å². The van der Waals surface area contributed by atoms with Crippen molar-refractivity contribution in [3.8, 4) is 0 Å². The zero-order chi connectivity index (χ0) is 9.40. The maximum absolute atomic E-state index is 4.52. The van der Waals surface area contributed by atoms with Gasteiger partial charge < -0.3 is 0 Å². The van der Waals surface area contributed by atoms with Crippen LogP contribution >= 0.6 is 25.3 Å². The van der Waals surface area contributed by atoms with Gasteiger partial charge in [-0.15, -0.1) is 0 Å². The Hall–Kier alpha value is 0.700. The van der Waals surface area contributed by atoms with Gasteiger partial charge in [-0.3, -0.25) is 0 Å². The molecular formula is C10H22S2. The summed E-state index contributed by atoms with van der Waals surface area (Å²) in [6.07, 6.45) is 7.44. The van der Waals surface area contributed by atoms with Gasteiger partial charge in [0.05, 0.1) is 0 Å². The van der Waals surface area contributed by atoms with Gasteiger partial charge in [0.25, 0.3) is 0 Å². The molecule has 0 aliphatic carbocycles. The lowest BCUT2D eigenvalue weighted by atomic mass is 10.1. The van der Waals surface area contributed by atoms with Gasteiger partial charge in [0.1, 0.15) is 0 Å². The lowest BCUT2D eigenvalue weighted by Gasteiger charge is -2.12. The molecular weight excluding hydrogens is 184 g/mol. The average Bonchev–Trinajstić information content (AvgIpc) is 2.02. The number of thiol groups is 2. The fourth-order valence-electron chi connectivity index (χ4n) is 1.34. The van der Waals surface area contributed by atoms with E-state index in [0.29, 0.717) is 10.5 Å². The molecule has 0 bridgehead atoms. The van der Waals surface area contributed by atoms with E-state index in [-0.39, 0.29) is 0 Å². The van der Waals surface area contributed by atoms with Gasteiger partial charge in [-0.25, -0.2) is 0 Å². The molecule has 0 saturated heterocycles. The van der Waals surface area contributed by atoms with Crippen LogP contribution in [-0.4, -0.2) is 10.5 Å². The molecule has 0 aromatic carbocycles. The minimum Gasteiger partial charge on any atom is -0.176 e. The van der Waals surface area contributed by atoms with Crippen LogP contribution in [0.5, 0.6) is 0 Å². The average molecular weight is 206 g/mol. The van der Waals surface area contributed by atoms with Crippen molar-refractivity contribution < 1.29 is 0 Å². The van der Waals surface area contributed by atoms with Crippen LogP contribution < -0.4 is 0 Å². The van der Waals surface area contributed by atoms with Crippen molar-refractivity contribution in [2.24, 2.45) is 0 Å². The molecule has 0 spiro atoms. The second kappa shape index (κ2) is 8.31. The Morgan fingerprint density at radius 1 is 0.750 bits per heavy atom. The lowest BCUT2D eigenvalue weighted by molar-refractivity contribution is 0.610. The summed E-state index contributed by atoms with van der Waals surface area (Å²) in [6, 6.07) is 0. The monoisotopic (exact) mass is 206 g/mol. The van der Waals surface area contributed by atoms with E-state index < -0.39 is 0 Å². The zero-order valence-corrected chi connectivity index (χ0v) is 10.1. The van der Waals surface area contributed by atoms with Crippen molar-refractivity contribution in [1.82, 2.24) is 0 Å². The molecule has 74 valence electrons. The molecule has 0 heterocycles. The normalized spacial score (nSPS) is 16.0. The quantitative estimate of drug-likeness (QED) is 0.579. The van der Waals surface area contributed by atoms with Crippen LogP contribution in [0, 0.1) is 0 Å². The molecule has 0 aromatic heterocycles. The van der Waals surface area contributed by atoms with Crippen LogP contribution in [0.2, 0.25) is 0 Å². The third-order valence-electron chi connectivity index (χ3n) is 2.08. The predicted molar refractivity (Wildman–Crippen MR) is 64.6 cm³/mol. The van der Waals surface area contributed by atoms with Crippen molar-refractivity contribution in [3.05, 3.63) is 0 Å². The first-order valence-electron chi connectivity index (χ1n) is 5.06. The molecule has 12 heavy (non-hydrogen) atoms. The van der Waals surface area contributed by atoms with Gasteiger partial charge in [-0.1, -0.05) is 26.7 Å². The number of rotatable bonds is 7. The van der Waals surface area contributed by atoms with Crippen LogP contribution in [0.15, 0.2) is 0 Å². The molecule has 0 aromatic rings. The van der Waals surface area contributed by atoms with E-state index in [1.54, 1.807) is 0 Å². The molecule has 0 fully saturated rings. The molecule has 0 aliphatic heterocycles. The third-order valence-corrected chi connectivity index (χ3v) is 3.11. The lowest BCUT2D eigenvalue weighted by Crippen LogP contribution is -2.04. The highest BCUT2D eigenvalue weighted by Crippen LogP contribution is 2.17. The standard InChI is InChI=1S/C10H22S2/c1-3-5-9(11)7-8-10(12)6-4-2/h9-12H,3-8H2,1-2H3. The Labute approximate surface area is 88.3 Å². The Morgan fingerprint density at radius 2 is 1.08 bits per heavy atom. The first kappa shape index (κ1) is 12.7. The predicted octanol–water partition coefficient (Wildman–Crippen LogP) is 3.96. The van der Waals surface area contributed by atoms with Crippen LogP contribution in [0.1, 0.15) is 52.4 Å². The molecule has 0 N–H and O–H groups in total. The summed E-state index contributed by atoms with van der Waals surface area (Å²) >= 11 is 9.04. The molecule has 0 amide bonds. The molecule has 0 nitrogen and oxygen atoms in total. The van der Waals surface area contributed by atoms with E-state index in [1.807, 2.05) is 0 Å². The van der Waals surface area contributed by atoms with Crippen molar-refractivity contribution in [1.29, 1.82) is 0 Å². The van der Waals surface area contributed by atoms with E-state index in [9.17, 15) is 0 Å². The first-order chi connectivity index (χ1) is 5.70. The zero-order valence-electron chi connectivity index (χ0n) is 8.29. The number of hydrogen-bond acceptors (Lipinski definition) is 2. The van der Waals surface area contributed by atoms with Gasteiger partial charge in [0, 0.05) is 10.5 Å². The SMILES string of the molecule is CCCC(S)CCC(S)CCC. The highest BCUT2D eigenvalue weighted by atomic mass is 32.1. The number of hydrogen-bond donors (Lipinski definition) is 2. The topological polar surface area (TPSA) is 0 Å². The van der Waals surface area contributed by atoms with Crippen molar-refractivity contribution in [2.45, 2.75) is 62.9 Å². The minimum absolute atomic E-state index is 0.599. The maximum atomic E-state index is 4.52. The fraction of sp³-hybridized carbons (Fsp3) is 1.00. The summed E-state index contributed by atoms with van der Waals surface area (Å²) in [5, 5.41) is 1.20. The Balaban J connectivity index is 3.27. The summed E-state index contributed by atoms with van der Waals surface area (Å²) in [6.45, 7) is 4.43. The minimum atomic E-state index is 0.599. The van der Waals surface area contributed by atoms with Crippen molar-refractivity contribution in [3.63, 3.8) is 0 Å². The Bertz CT molecular complexity index is 81.8. The first-order valence-corrected chi connectivity index (χ1v) is 6.10. The van der Waals surface area contributed by atoms with Gasteiger partial charge in [0.15, 0.2) is 0 Å². The van der Waals surface area contributed by atoms with Gasteiger partial charge in [-0.2, -0.15) is 25.3 Å². The fourth-order valence-corrected chi connectivity index (χ4v) is 2.15. The molecule has 2 atom stereocenters. The molecule has 0 rings (SSSR count). The van der Waals surface area contributed by atoms with Crippen molar-refractivity contribution >= 4 is 25.3 Å². The summed E-state index contributed by atoms with van der Waals surface area (Å²) in [7, 11) is 0. The highest BCUT2D eigenvalue weighted by molar-refractivity contribution is 7.81. The van der Waals surface area contributed by atoms with Gasteiger partial charge in [0.2, 0.25) is 0 Å².